The lowest BCUT2D eigenvalue weighted by molar-refractivity contribution is -0.137. The van der Waals surface area contributed by atoms with Crippen molar-refractivity contribution in [2.45, 2.75) is 6.18 Å². The second-order valence-electron chi connectivity index (χ2n) is 4.08. The molecule has 0 aliphatic heterocycles. The molecule has 2 rings (SSSR count). The fraction of sp³-hybridized carbons (Fsp3) is 0.0769. The Morgan fingerprint density at radius 1 is 1.05 bits per heavy atom. The van der Waals surface area contributed by atoms with Gasteiger partial charge in [0, 0.05) is 10.7 Å². The van der Waals surface area contributed by atoms with E-state index in [0.29, 0.717) is 0 Å². The molecule has 2 aromatic rings. The molecule has 106 valence electrons. The summed E-state index contributed by atoms with van der Waals surface area (Å²) in [6, 6.07) is 6.52. The van der Waals surface area contributed by atoms with E-state index in [1.807, 2.05) is 0 Å². The summed E-state index contributed by atoms with van der Waals surface area (Å²) < 4.78 is 51.1. The van der Waals surface area contributed by atoms with Gasteiger partial charge in [-0.3, -0.25) is 0 Å². The number of nitrogens with one attached hydrogen (secondary N) is 1. The largest absolute Gasteiger partial charge is 0.416 e. The summed E-state index contributed by atoms with van der Waals surface area (Å²) >= 11 is 5.65. The van der Waals surface area contributed by atoms with Crippen molar-refractivity contribution >= 4 is 28.7 Å². The van der Waals surface area contributed by atoms with Gasteiger partial charge in [-0.25, -0.2) is 4.39 Å². The molecule has 0 amide bonds. The zero-order valence-electron chi connectivity index (χ0n) is 9.93. The van der Waals surface area contributed by atoms with E-state index in [2.05, 4.69) is 5.32 Å². The van der Waals surface area contributed by atoms with Crippen molar-refractivity contribution < 1.29 is 17.6 Å². The third-order valence-corrected chi connectivity index (χ3v) is 2.74. The van der Waals surface area contributed by atoms with Gasteiger partial charge >= 0.3 is 6.18 Å². The SMILES string of the molecule is Nc1ccc(F)cc1Nc1cc(Cl)cc(C(F)(F)F)c1. The molecule has 2 aromatic carbocycles. The molecule has 0 bridgehead atoms. The first kappa shape index (κ1) is 14.5. The van der Waals surface area contributed by atoms with Gasteiger partial charge in [0.05, 0.1) is 16.9 Å². The number of nitrogens with two attached hydrogens (primary N) is 1. The number of halogens is 5. The number of hydrogen-bond acceptors (Lipinski definition) is 2. The van der Waals surface area contributed by atoms with Crippen molar-refractivity contribution in [2.75, 3.05) is 11.1 Å². The number of benzene rings is 2. The number of alkyl halides is 3. The second-order valence-corrected chi connectivity index (χ2v) is 4.52. The van der Waals surface area contributed by atoms with Crippen molar-refractivity contribution in [1.82, 2.24) is 0 Å². The second kappa shape index (κ2) is 5.20. The first-order chi connectivity index (χ1) is 9.25. The zero-order valence-corrected chi connectivity index (χ0v) is 10.7. The maximum atomic E-state index is 13.1. The van der Waals surface area contributed by atoms with E-state index in [4.69, 9.17) is 17.3 Å². The van der Waals surface area contributed by atoms with E-state index in [1.165, 1.54) is 12.1 Å². The fourth-order valence-corrected chi connectivity index (χ4v) is 1.85. The van der Waals surface area contributed by atoms with Crippen molar-refractivity contribution in [3.8, 4) is 0 Å². The van der Waals surface area contributed by atoms with Crippen LogP contribution >= 0.6 is 11.6 Å². The van der Waals surface area contributed by atoms with Gasteiger partial charge in [-0.15, -0.1) is 0 Å². The molecule has 0 fully saturated rings. The minimum Gasteiger partial charge on any atom is -0.397 e. The quantitative estimate of drug-likeness (QED) is 0.616. The van der Waals surface area contributed by atoms with Gasteiger partial charge in [0.25, 0.3) is 0 Å². The highest BCUT2D eigenvalue weighted by molar-refractivity contribution is 6.31. The number of hydrogen-bond donors (Lipinski definition) is 2. The zero-order chi connectivity index (χ0) is 14.9. The van der Waals surface area contributed by atoms with Crippen LogP contribution in [0.3, 0.4) is 0 Å². The molecule has 0 spiro atoms. The van der Waals surface area contributed by atoms with Gasteiger partial charge in [0.15, 0.2) is 0 Å². The summed E-state index contributed by atoms with van der Waals surface area (Å²) in [6.45, 7) is 0. The van der Waals surface area contributed by atoms with Gasteiger partial charge in [-0.2, -0.15) is 13.2 Å². The third-order valence-electron chi connectivity index (χ3n) is 2.52. The number of nitrogen functional groups attached to an aromatic ring is 1. The van der Waals surface area contributed by atoms with Crippen molar-refractivity contribution in [3.05, 3.63) is 52.8 Å². The van der Waals surface area contributed by atoms with Crippen LogP contribution in [0, 0.1) is 5.82 Å². The van der Waals surface area contributed by atoms with Gasteiger partial charge in [-0.05, 0) is 36.4 Å². The Morgan fingerprint density at radius 2 is 1.75 bits per heavy atom. The van der Waals surface area contributed by atoms with Gasteiger partial charge in [0.2, 0.25) is 0 Å². The van der Waals surface area contributed by atoms with Crippen molar-refractivity contribution in [1.29, 1.82) is 0 Å². The van der Waals surface area contributed by atoms with Gasteiger partial charge < -0.3 is 11.1 Å². The van der Waals surface area contributed by atoms with Crippen LogP contribution in [0.1, 0.15) is 5.56 Å². The summed E-state index contributed by atoms with van der Waals surface area (Å²) in [5.41, 5.74) is 5.16. The average Bonchev–Trinajstić information content (AvgIpc) is 2.32. The summed E-state index contributed by atoms with van der Waals surface area (Å²) in [5.74, 6) is -0.556. The lowest BCUT2D eigenvalue weighted by atomic mass is 10.2. The molecule has 0 radical (unpaired) electrons. The molecular formula is C13H9ClF4N2. The monoisotopic (exact) mass is 304 g/mol. The van der Waals surface area contributed by atoms with E-state index < -0.39 is 17.6 Å². The van der Waals surface area contributed by atoms with Crippen molar-refractivity contribution in [2.24, 2.45) is 0 Å². The maximum absolute atomic E-state index is 13.1. The van der Waals surface area contributed by atoms with E-state index in [9.17, 15) is 17.6 Å². The molecule has 2 nitrogen and oxygen atoms in total. The maximum Gasteiger partial charge on any atom is 0.416 e. The lowest BCUT2D eigenvalue weighted by Gasteiger charge is -2.13. The average molecular weight is 305 g/mol. The molecule has 0 aromatic heterocycles. The minimum atomic E-state index is -4.52. The summed E-state index contributed by atoms with van der Waals surface area (Å²) in [5, 5.41) is 2.53. The molecule has 20 heavy (non-hydrogen) atoms. The predicted octanol–water partition coefficient (Wildman–Crippen LogP) is 4.82. The Bertz CT molecular complexity index is 641. The Morgan fingerprint density at radius 3 is 2.40 bits per heavy atom. The number of rotatable bonds is 2. The Hall–Kier alpha value is -1.95. The van der Waals surface area contributed by atoms with Gasteiger partial charge in [-0.1, -0.05) is 11.6 Å². The summed E-state index contributed by atoms with van der Waals surface area (Å²) in [4.78, 5) is 0. The Balaban J connectivity index is 2.39. The van der Waals surface area contributed by atoms with Crippen LogP contribution in [0.4, 0.5) is 34.6 Å². The van der Waals surface area contributed by atoms with E-state index in [-0.39, 0.29) is 22.1 Å². The van der Waals surface area contributed by atoms with Gasteiger partial charge in [0.1, 0.15) is 5.82 Å². The molecule has 7 heteroatoms. The molecule has 3 N–H and O–H groups in total. The molecule has 0 aliphatic rings. The molecule has 0 unspecified atom stereocenters. The minimum absolute atomic E-state index is 0.0714. The van der Waals surface area contributed by atoms with Crippen LogP contribution in [-0.4, -0.2) is 0 Å². The molecule has 0 atom stereocenters. The molecule has 0 saturated heterocycles. The van der Waals surface area contributed by atoms with Crippen LogP contribution in [0.25, 0.3) is 0 Å². The Labute approximate surface area is 117 Å². The van der Waals surface area contributed by atoms with E-state index >= 15 is 0 Å². The lowest BCUT2D eigenvalue weighted by Crippen LogP contribution is -2.06. The molecule has 0 aliphatic carbocycles. The van der Waals surface area contributed by atoms with Crippen LogP contribution in [0.5, 0.6) is 0 Å². The summed E-state index contributed by atoms with van der Waals surface area (Å²) in [7, 11) is 0. The van der Waals surface area contributed by atoms with Crippen LogP contribution in [-0.2, 0) is 6.18 Å². The topological polar surface area (TPSA) is 38.0 Å². The van der Waals surface area contributed by atoms with E-state index in [1.54, 1.807) is 0 Å². The first-order valence-corrected chi connectivity index (χ1v) is 5.83. The summed E-state index contributed by atoms with van der Waals surface area (Å²) in [6.07, 6.45) is -4.52. The van der Waals surface area contributed by atoms with E-state index in [0.717, 1.165) is 24.3 Å². The smallest absolute Gasteiger partial charge is 0.397 e. The molecule has 0 saturated carbocycles. The highest BCUT2D eigenvalue weighted by Gasteiger charge is 2.31. The first-order valence-electron chi connectivity index (χ1n) is 5.45. The van der Waals surface area contributed by atoms with Crippen LogP contribution in [0.2, 0.25) is 5.02 Å². The van der Waals surface area contributed by atoms with Crippen LogP contribution < -0.4 is 11.1 Å². The molecule has 0 heterocycles. The normalized spacial score (nSPS) is 11.4. The standard InChI is InChI=1S/C13H9ClF4N2/c14-8-3-7(13(16,17)18)4-10(5-8)20-12-6-9(15)1-2-11(12)19/h1-6,20H,19H2. The van der Waals surface area contributed by atoms with Crippen LogP contribution in [0.15, 0.2) is 36.4 Å². The molecular weight excluding hydrogens is 296 g/mol. The number of anilines is 3. The highest BCUT2D eigenvalue weighted by atomic mass is 35.5. The fourth-order valence-electron chi connectivity index (χ4n) is 1.62. The predicted molar refractivity (Wildman–Crippen MR) is 70.5 cm³/mol. The third kappa shape index (κ3) is 3.33. The Kier molecular flexibility index (Phi) is 3.76. The highest BCUT2D eigenvalue weighted by Crippen LogP contribution is 2.34. The van der Waals surface area contributed by atoms with Crippen molar-refractivity contribution in [3.63, 3.8) is 0 Å².